The fourth-order valence-electron chi connectivity index (χ4n) is 1.51. The van der Waals surface area contributed by atoms with Crippen LogP contribution in [0.1, 0.15) is 34.6 Å². The van der Waals surface area contributed by atoms with Crippen LogP contribution in [0.15, 0.2) is 0 Å². The second-order valence-electron chi connectivity index (χ2n) is 6.86. The standard InChI is InChI=1S/C12H24F3NO3Si/c1-8(2)9(10(16(17)18)12(13,14)15)19-20(6,7)11(3,4)5/h8-10H,1-7H3/t9-,10+/m0/s1. The first kappa shape index (κ1) is 19.4. The number of rotatable bonds is 5. The third-order valence-corrected chi connectivity index (χ3v) is 8.24. The van der Waals surface area contributed by atoms with Crippen molar-refractivity contribution < 1.29 is 22.5 Å². The summed E-state index contributed by atoms with van der Waals surface area (Å²) in [6.07, 6.45) is -6.38. The van der Waals surface area contributed by atoms with Crippen molar-refractivity contribution in [2.45, 2.75) is 71.1 Å². The van der Waals surface area contributed by atoms with Crippen LogP contribution >= 0.6 is 0 Å². The van der Waals surface area contributed by atoms with E-state index in [1.807, 2.05) is 20.8 Å². The second kappa shape index (κ2) is 6.01. The minimum Gasteiger partial charge on any atom is -0.406 e. The van der Waals surface area contributed by atoms with Crippen LogP contribution in [0.5, 0.6) is 0 Å². The molecule has 0 radical (unpaired) electrons. The van der Waals surface area contributed by atoms with Gasteiger partial charge in [-0.1, -0.05) is 34.6 Å². The molecule has 0 amide bonds. The Morgan fingerprint density at radius 1 is 1.15 bits per heavy atom. The highest BCUT2D eigenvalue weighted by atomic mass is 28.4. The van der Waals surface area contributed by atoms with Gasteiger partial charge in [0.1, 0.15) is 6.10 Å². The second-order valence-corrected chi connectivity index (χ2v) is 11.6. The smallest absolute Gasteiger partial charge is 0.406 e. The fourth-order valence-corrected chi connectivity index (χ4v) is 2.94. The monoisotopic (exact) mass is 315 g/mol. The third kappa shape index (κ3) is 4.73. The highest BCUT2D eigenvalue weighted by Gasteiger charge is 2.57. The SMILES string of the molecule is CC(C)[C@H](O[Si](C)(C)C(C)(C)C)[C@@H]([N+](=O)[O-])C(F)(F)F. The zero-order valence-corrected chi connectivity index (χ0v) is 14.0. The summed E-state index contributed by atoms with van der Waals surface area (Å²) in [6, 6.07) is -2.68. The van der Waals surface area contributed by atoms with Gasteiger partial charge in [0.05, 0.1) is 0 Å². The molecule has 0 saturated carbocycles. The average molecular weight is 315 g/mol. The molecule has 0 spiro atoms. The van der Waals surface area contributed by atoms with Crippen molar-refractivity contribution in [3.05, 3.63) is 10.1 Å². The van der Waals surface area contributed by atoms with Gasteiger partial charge in [-0.3, -0.25) is 10.1 Å². The van der Waals surface area contributed by atoms with Gasteiger partial charge in [0, 0.05) is 4.92 Å². The normalized spacial score (nSPS) is 17.1. The molecular formula is C12H24F3NO3Si. The van der Waals surface area contributed by atoms with Crippen molar-refractivity contribution in [3.8, 4) is 0 Å². The summed E-state index contributed by atoms with van der Waals surface area (Å²) in [7, 11) is -2.52. The minimum atomic E-state index is -4.92. The van der Waals surface area contributed by atoms with E-state index in [2.05, 4.69) is 0 Å². The van der Waals surface area contributed by atoms with E-state index in [0.717, 1.165) is 0 Å². The Morgan fingerprint density at radius 2 is 1.55 bits per heavy atom. The summed E-state index contributed by atoms with van der Waals surface area (Å²) in [5.41, 5.74) is 0. The van der Waals surface area contributed by atoms with Crippen LogP contribution in [0.2, 0.25) is 18.1 Å². The lowest BCUT2D eigenvalue weighted by Crippen LogP contribution is -2.55. The van der Waals surface area contributed by atoms with Gasteiger partial charge in [0.25, 0.3) is 0 Å². The zero-order chi connectivity index (χ0) is 16.5. The van der Waals surface area contributed by atoms with Gasteiger partial charge in [-0.05, 0) is 24.1 Å². The van der Waals surface area contributed by atoms with E-state index in [1.165, 1.54) is 13.8 Å². The summed E-state index contributed by atoms with van der Waals surface area (Å²) in [5, 5.41) is 10.5. The molecular weight excluding hydrogens is 291 g/mol. The Labute approximate surface area is 119 Å². The van der Waals surface area contributed by atoms with Crippen LogP contribution in [-0.4, -0.2) is 31.6 Å². The van der Waals surface area contributed by atoms with Gasteiger partial charge in [0.15, 0.2) is 8.32 Å². The van der Waals surface area contributed by atoms with Gasteiger partial charge >= 0.3 is 12.2 Å². The lowest BCUT2D eigenvalue weighted by atomic mass is 10.00. The highest BCUT2D eigenvalue weighted by molar-refractivity contribution is 6.74. The van der Waals surface area contributed by atoms with Gasteiger partial charge in [-0.2, -0.15) is 13.2 Å². The maximum atomic E-state index is 12.9. The van der Waals surface area contributed by atoms with E-state index in [4.69, 9.17) is 4.43 Å². The molecule has 8 heteroatoms. The van der Waals surface area contributed by atoms with Crippen LogP contribution in [0.25, 0.3) is 0 Å². The Hall–Kier alpha value is -0.633. The lowest BCUT2D eigenvalue weighted by molar-refractivity contribution is -0.575. The van der Waals surface area contributed by atoms with E-state index >= 15 is 0 Å². The Balaban J connectivity index is 5.51. The van der Waals surface area contributed by atoms with Crippen LogP contribution < -0.4 is 0 Å². The molecule has 0 saturated heterocycles. The molecule has 0 aliphatic rings. The van der Waals surface area contributed by atoms with E-state index in [0.29, 0.717) is 0 Å². The van der Waals surface area contributed by atoms with Crippen LogP contribution in [0, 0.1) is 16.0 Å². The maximum absolute atomic E-state index is 12.9. The summed E-state index contributed by atoms with van der Waals surface area (Å²) in [5.74, 6) is -0.596. The quantitative estimate of drug-likeness (QED) is 0.433. The molecule has 20 heavy (non-hydrogen) atoms. The van der Waals surface area contributed by atoms with Gasteiger partial charge in [-0.15, -0.1) is 0 Å². The van der Waals surface area contributed by atoms with Gasteiger partial charge in [-0.25, -0.2) is 0 Å². The van der Waals surface area contributed by atoms with E-state index in [1.54, 1.807) is 13.1 Å². The number of halogens is 3. The molecule has 0 aliphatic heterocycles. The molecule has 0 fully saturated rings. The lowest BCUT2D eigenvalue weighted by Gasteiger charge is -2.40. The first-order chi connectivity index (χ1) is 8.61. The minimum absolute atomic E-state index is 0.313. The fraction of sp³-hybridized carbons (Fsp3) is 1.00. The Kier molecular flexibility index (Phi) is 5.82. The highest BCUT2D eigenvalue weighted by Crippen LogP contribution is 2.40. The van der Waals surface area contributed by atoms with Crippen molar-refractivity contribution >= 4 is 8.32 Å². The molecule has 0 N–H and O–H groups in total. The summed E-state index contributed by atoms with van der Waals surface area (Å²) in [6.45, 7) is 12.2. The Bertz CT molecular complexity index is 351. The molecule has 0 rings (SSSR count). The number of alkyl halides is 3. The topological polar surface area (TPSA) is 52.4 Å². The maximum Gasteiger partial charge on any atom is 0.460 e. The third-order valence-electron chi connectivity index (χ3n) is 3.77. The number of hydrogen-bond donors (Lipinski definition) is 0. The summed E-state index contributed by atoms with van der Waals surface area (Å²) < 4.78 is 44.5. The van der Waals surface area contributed by atoms with Crippen LogP contribution in [-0.2, 0) is 4.43 Å². The summed E-state index contributed by atoms with van der Waals surface area (Å²) >= 11 is 0. The van der Waals surface area contributed by atoms with E-state index in [9.17, 15) is 23.3 Å². The number of nitrogens with zero attached hydrogens (tertiary/aromatic N) is 1. The largest absolute Gasteiger partial charge is 0.460 e. The van der Waals surface area contributed by atoms with Gasteiger partial charge in [0.2, 0.25) is 0 Å². The van der Waals surface area contributed by atoms with Crippen molar-refractivity contribution in [3.63, 3.8) is 0 Å². The molecule has 4 nitrogen and oxygen atoms in total. The van der Waals surface area contributed by atoms with E-state index < -0.39 is 37.5 Å². The Morgan fingerprint density at radius 3 is 1.75 bits per heavy atom. The average Bonchev–Trinajstić information content (AvgIpc) is 2.10. The first-order valence-corrected chi connectivity index (χ1v) is 9.40. The van der Waals surface area contributed by atoms with Crippen LogP contribution in [0.4, 0.5) is 13.2 Å². The molecule has 0 aliphatic carbocycles. The molecule has 0 aromatic carbocycles. The predicted octanol–water partition coefficient (Wildman–Crippen LogP) is 4.24. The molecule has 2 atom stereocenters. The molecule has 0 bridgehead atoms. The van der Waals surface area contributed by atoms with Crippen molar-refractivity contribution in [2.24, 2.45) is 5.92 Å². The van der Waals surface area contributed by atoms with Crippen molar-refractivity contribution in [1.29, 1.82) is 0 Å². The zero-order valence-electron chi connectivity index (χ0n) is 13.0. The predicted molar refractivity (Wildman–Crippen MR) is 73.7 cm³/mol. The molecule has 0 unspecified atom stereocenters. The van der Waals surface area contributed by atoms with E-state index in [-0.39, 0.29) is 5.04 Å². The molecule has 0 aromatic heterocycles. The number of nitro groups is 1. The molecule has 0 aromatic rings. The van der Waals surface area contributed by atoms with Crippen LogP contribution in [0.3, 0.4) is 0 Å². The molecule has 0 heterocycles. The number of hydrogen-bond acceptors (Lipinski definition) is 3. The van der Waals surface area contributed by atoms with Gasteiger partial charge < -0.3 is 4.43 Å². The van der Waals surface area contributed by atoms with Crippen molar-refractivity contribution in [2.75, 3.05) is 0 Å². The molecule has 120 valence electrons. The van der Waals surface area contributed by atoms with Crippen molar-refractivity contribution in [1.82, 2.24) is 0 Å². The summed E-state index contributed by atoms with van der Waals surface area (Å²) in [4.78, 5) is 9.57. The first-order valence-electron chi connectivity index (χ1n) is 6.49.